The van der Waals surface area contributed by atoms with Gasteiger partial charge in [0, 0.05) is 11.6 Å². The summed E-state index contributed by atoms with van der Waals surface area (Å²) in [6.45, 7) is -0.424. The SMILES string of the molecule is COc1cc(CNC(=O)CN(c2ccc(Cl)cc2Cl)S(=O)(=O)c2ccccc2)cc(OC)c1OC. The number of ether oxygens (including phenoxy) is 3. The zero-order chi connectivity index (χ0) is 25.6. The van der Waals surface area contributed by atoms with Gasteiger partial charge < -0.3 is 19.5 Å². The molecule has 0 saturated carbocycles. The highest BCUT2D eigenvalue weighted by Gasteiger charge is 2.28. The maximum absolute atomic E-state index is 13.4. The second kappa shape index (κ2) is 11.5. The van der Waals surface area contributed by atoms with Gasteiger partial charge in [-0.1, -0.05) is 41.4 Å². The van der Waals surface area contributed by atoms with E-state index >= 15 is 0 Å². The summed E-state index contributed by atoms with van der Waals surface area (Å²) in [4.78, 5) is 12.9. The number of methoxy groups -OCH3 is 3. The van der Waals surface area contributed by atoms with Crippen molar-refractivity contribution in [3.05, 3.63) is 76.3 Å². The molecule has 0 fully saturated rings. The van der Waals surface area contributed by atoms with E-state index in [1.807, 2.05) is 0 Å². The Balaban J connectivity index is 1.88. The molecule has 0 aromatic heterocycles. The van der Waals surface area contributed by atoms with Crippen molar-refractivity contribution < 1.29 is 27.4 Å². The molecule has 3 aromatic carbocycles. The van der Waals surface area contributed by atoms with Crippen molar-refractivity contribution in [3.63, 3.8) is 0 Å². The van der Waals surface area contributed by atoms with Crippen molar-refractivity contribution in [1.82, 2.24) is 5.32 Å². The van der Waals surface area contributed by atoms with E-state index < -0.39 is 22.5 Å². The molecule has 1 N–H and O–H groups in total. The number of halogens is 2. The molecule has 0 atom stereocenters. The Hall–Kier alpha value is -3.14. The van der Waals surface area contributed by atoms with E-state index in [-0.39, 0.29) is 22.2 Å². The number of hydrogen-bond donors (Lipinski definition) is 1. The third kappa shape index (κ3) is 6.11. The topological polar surface area (TPSA) is 94.2 Å². The standard InChI is InChI=1S/C24H24Cl2N2O6S/c1-32-21-11-16(12-22(33-2)24(21)34-3)14-27-23(29)15-28(20-10-9-17(25)13-19(20)26)35(30,31)18-7-5-4-6-8-18/h4-13H,14-15H2,1-3H3,(H,27,29). The number of carbonyl (C=O) groups excluding carboxylic acids is 1. The van der Waals surface area contributed by atoms with E-state index in [1.165, 1.54) is 51.7 Å². The molecule has 0 radical (unpaired) electrons. The van der Waals surface area contributed by atoms with Crippen LogP contribution in [0.3, 0.4) is 0 Å². The molecule has 35 heavy (non-hydrogen) atoms. The van der Waals surface area contributed by atoms with Crippen molar-refractivity contribution in [2.24, 2.45) is 0 Å². The summed E-state index contributed by atoms with van der Waals surface area (Å²) >= 11 is 12.3. The minimum Gasteiger partial charge on any atom is -0.493 e. The summed E-state index contributed by atoms with van der Waals surface area (Å²) in [5.41, 5.74) is 0.790. The first kappa shape index (κ1) is 26.5. The molecule has 3 aromatic rings. The quantitative estimate of drug-likeness (QED) is 0.407. The van der Waals surface area contributed by atoms with Gasteiger partial charge in [0.25, 0.3) is 10.0 Å². The van der Waals surface area contributed by atoms with Crippen LogP contribution in [0.4, 0.5) is 5.69 Å². The van der Waals surface area contributed by atoms with E-state index in [1.54, 1.807) is 30.3 Å². The fourth-order valence-corrected chi connectivity index (χ4v) is 5.35. The summed E-state index contributed by atoms with van der Waals surface area (Å²) in [6, 6.07) is 15.5. The van der Waals surface area contributed by atoms with Crippen molar-refractivity contribution in [1.29, 1.82) is 0 Å². The molecule has 0 aliphatic heterocycles. The maximum atomic E-state index is 13.4. The van der Waals surface area contributed by atoms with Crippen LogP contribution in [-0.2, 0) is 21.4 Å². The molecule has 0 aliphatic rings. The highest BCUT2D eigenvalue weighted by Crippen LogP contribution is 2.38. The first-order valence-electron chi connectivity index (χ1n) is 10.3. The van der Waals surface area contributed by atoms with Gasteiger partial charge in [0.05, 0.1) is 36.9 Å². The van der Waals surface area contributed by atoms with Crippen LogP contribution in [0.15, 0.2) is 65.6 Å². The van der Waals surface area contributed by atoms with E-state index in [0.29, 0.717) is 27.8 Å². The molecular formula is C24H24Cl2N2O6S. The van der Waals surface area contributed by atoms with Gasteiger partial charge in [0.15, 0.2) is 11.5 Å². The Bertz CT molecular complexity index is 1280. The number of sulfonamides is 1. The molecule has 0 saturated heterocycles. The summed E-state index contributed by atoms with van der Waals surface area (Å²) in [7, 11) is 0.358. The van der Waals surface area contributed by atoms with Crippen LogP contribution >= 0.6 is 23.2 Å². The van der Waals surface area contributed by atoms with E-state index in [2.05, 4.69) is 5.32 Å². The molecule has 1 amide bonds. The summed E-state index contributed by atoms with van der Waals surface area (Å²) < 4.78 is 43.8. The zero-order valence-corrected chi connectivity index (χ0v) is 21.6. The third-order valence-electron chi connectivity index (χ3n) is 5.01. The van der Waals surface area contributed by atoms with E-state index in [4.69, 9.17) is 37.4 Å². The summed E-state index contributed by atoms with van der Waals surface area (Å²) in [5, 5.41) is 3.16. The molecule has 0 spiro atoms. The monoisotopic (exact) mass is 538 g/mol. The second-order valence-electron chi connectivity index (χ2n) is 7.23. The smallest absolute Gasteiger partial charge is 0.264 e. The minimum atomic E-state index is -4.11. The normalized spacial score (nSPS) is 11.0. The van der Waals surface area contributed by atoms with E-state index in [9.17, 15) is 13.2 Å². The Labute approximate surface area is 214 Å². The second-order valence-corrected chi connectivity index (χ2v) is 9.94. The van der Waals surface area contributed by atoms with Crippen molar-refractivity contribution >= 4 is 44.8 Å². The largest absolute Gasteiger partial charge is 0.493 e. The lowest BCUT2D eigenvalue weighted by atomic mass is 10.1. The number of rotatable bonds is 10. The fraction of sp³-hybridized carbons (Fsp3) is 0.208. The summed E-state index contributed by atoms with van der Waals surface area (Å²) in [5.74, 6) is 0.724. The number of nitrogens with one attached hydrogen (secondary N) is 1. The molecule has 0 bridgehead atoms. The lowest BCUT2D eigenvalue weighted by Gasteiger charge is -2.25. The summed E-state index contributed by atoms with van der Waals surface area (Å²) in [6.07, 6.45) is 0. The van der Waals surface area contributed by atoms with Gasteiger partial charge in [0.1, 0.15) is 6.54 Å². The van der Waals surface area contributed by atoms with Crippen molar-refractivity contribution in [2.45, 2.75) is 11.4 Å². The Morgan fingerprint density at radius 1 is 0.914 bits per heavy atom. The van der Waals surface area contributed by atoms with Crippen LogP contribution in [0.5, 0.6) is 17.2 Å². The molecule has 0 heterocycles. The molecule has 0 unspecified atom stereocenters. The first-order valence-corrected chi connectivity index (χ1v) is 12.5. The van der Waals surface area contributed by atoms with E-state index in [0.717, 1.165) is 4.31 Å². The van der Waals surface area contributed by atoms with Gasteiger partial charge >= 0.3 is 0 Å². The van der Waals surface area contributed by atoms with Gasteiger partial charge in [-0.3, -0.25) is 9.10 Å². The van der Waals surface area contributed by atoms with Gasteiger partial charge in [-0.2, -0.15) is 0 Å². The van der Waals surface area contributed by atoms with Crippen LogP contribution in [0.2, 0.25) is 10.0 Å². The van der Waals surface area contributed by atoms with Gasteiger partial charge in [0.2, 0.25) is 11.7 Å². The maximum Gasteiger partial charge on any atom is 0.264 e. The Morgan fingerprint density at radius 3 is 2.09 bits per heavy atom. The molecule has 11 heteroatoms. The van der Waals surface area contributed by atoms with Gasteiger partial charge in [-0.15, -0.1) is 0 Å². The molecule has 3 rings (SSSR count). The molecule has 186 valence electrons. The van der Waals surface area contributed by atoms with Crippen molar-refractivity contribution in [2.75, 3.05) is 32.2 Å². The number of anilines is 1. The number of amides is 1. The fourth-order valence-electron chi connectivity index (χ4n) is 3.33. The first-order chi connectivity index (χ1) is 16.7. The minimum absolute atomic E-state index is 0.0171. The lowest BCUT2D eigenvalue weighted by molar-refractivity contribution is -0.119. The predicted molar refractivity (Wildman–Crippen MR) is 135 cm³/mol. The highest BCUT2D eigenvalue weighted by molar-refractivity contribution is 7.92. The van der Waals surface area contributed by atoms with Gasteiger partial charge in [-0.05, 0) is 48.0 Å². The Morgan fingerprint density at radius 2 is 1.54 bits per heavy atom. The zero-order valence-electron chi connectivity index (χ0n) is 19.2. The Kier molecular flexibility index (Phi) is 8.71. The van der Waals surface area contributed by atoms with Gasteiger partial charge in [-0.25, -0.2) is 8.42 Å². The van der Waals surface area contributed by atoms with Crippen LogP contribution in [0.25, 0.3) is 0 Å². The average molecular weight is 539 g/mol. The predicted octanol–water partition coefficient (Wildman–Crippen LogP) is 4.53. The van der Waals surface area contributed by atoms with Crippen molar-refractivity contribution in [3.8, 4) is 17.2 Å². The molecule has 0 aliphatic carbocycles. The number of nitrogens with zero attached hydrogens (tertiary/aromatic N) is 1. The van der Waals surface area contributed by atoms with Crippen LogP contribution < -0.4 is 23.8 Å². The van der Waals surface area contributed by atoms with Crippen LogP contribution in [0, 0.1) is 0 Å². The van der Waals surface area contributed by atoms with Crippen LogP contribution in [0.1, 0.15) is 5.56 Å². The lowest BCUT2D eigenvalue weighted by Crippen LogP contribution is -2.40. The highest BCUT2D eigenvalue weighted by atomic mass is 35.5. The molecule has 8 nitrogen and oxygen atoms in total. The number of benzene rings is 3. The molecular weight excluding hydrogens is 515 g/mol. The third-order valence-corrected chi connectivity index (χ3v) is 7.32. The average Bonchev–Trinajstić information content (AvgIpc) is 2.86. The number of hydrogen-bond acceptors (Lipinski definition) is 6. The van der Waals surface area contributed by atoms with Crippen LogP contribution in [-0.4, -0.2) is 42.2 Å². The number of carbonyl (C=O) groups is 1.